The summed E-state index contributed by atoms with van der Waals surface area (Å²) < 4.78 is 0. The van der Waals surface area contributed by atoms with Crippen LogP contribution in [0.2, 0.25) is 0 Å². The van der Waals surface area contributed by atoms with E-state index in [2.05, 4.69) is 48.8 Å². The lowest BCUT2D eigenvalue weighted by Gasteiger charge is -2.05. The number of thiazole rings is 1. The van der Waals surface area contributed by atoms with Crippen LogP contribution in [0, 0.1) is 5.92 Å². The first-order valence-electron chi connectivity index (χ1n) is 7.48. The van der Waals surface area contributed by atoms with Crippen molar-refractivity contribution in [3.63, 3.8) is 0 Å². The van der Waals surface area contributed by atoms with Gasteiger partial charge >= 0.3 is 0 Å². The molecule has 1 heterocycles. The van der Waals surface area contributed by atoms with Crippen LogP contribution in [0.5, 0.6) is 0 Å². The van der Waals surface area contributed by atoms with Crippen molar-refractivity contribution in [3.8, 4) is 11.3 Å². The molecule has 0 radical (unpaired) electrons. The molecule has 1 aliphatic carbocycles. The van der Waals surface area contributed by atoms with E-state index < -0.39 is 0 Å². The van der Waals surface area contributed by atoms with Gasteiger partial charge in [0.15, 0.2) is 0 Å². The third-order valence-corrected chi connectivity index (χ3v) is 4.68. The van der Waals surface area contributed by atoms with Crippen LogP contribution in [0.4, 0.5) is 0 Å². The van der Waals surface area contributed by atoms with Gasteiger partial charge in [0.1, 0.15) is 5.01 Å². The Morgan fingerprint density at radius 1 is 1.25 bits per heavy atom. The van der Waals surface area contributed by atoms with Crippen LogP contribution >= 0.6 is 11.3 Å². The first kappa shape index (κ1) is 13.8. The molecule has 2 nitrogen and oxygen atoms in total. The van der Waals surface area contributed by atoms with Gasteiger partial charge in [0.05, 0.1) is 5.69 Å². The first-order chi connectivity index (χ1) is 9.72. The molecule has 20 heavy (non-hydrogen) atoms. The standard InChI is InChI=1S/C17H22N2S/c1-12(2)14-5-7-15(8-6-14)16-11-20-17(19-16)10-18-9-13-3-4-13/h5-8,11-13,18H,3-4,9-10H2,1-2H3. The Kier molecular flexibility index (Phi) is 4.18. The van der Waals surface area contributed by atoms with Crippen LogP contribution in [0.3, 0.4) is 0 Å². The molecule has 0 bridgehead atoms. The van der Waals surface area contributed by atoms with E-state index in [9.17, 15) is 0 Å². The minimum atomic E-state index is 0.585. The van der Waals surface area contributed by atoms with E-state index >= 15 is 0 Å². The van der Waals surface area contributed by atoms with E-state index in [1.807, 2.05) is 0 Å². The fourth-order valence-electron chi connectivity index (χ4n) is 2.27. The average molecular weight is 286 g/mol. The lowest BCUT2D eigenvalue weighted by Crippen LogP contribution is -2.15. The van der Waals surface area contributed by atoms with Gasteiger partial charge in [-0.05, 0) is 36.8 Å². The molecule has 1 aromatic carbocycles. The molecule has 2 aromatic rings. The lowest BCUT2D eigenvalue weighted by atomic mass is 10.0. The van der Waals surface area contributed by atoms with Crippen LogP contribution < -0.4 is 5.32 Å². The molecule has 0 spiro atoms. The Balaban J connectivity index is 1.62. The Labute approximate surface area is 125 Å². The Bertz CT molecular complexity index is 553. The fraction of sp³-hybridized carbons (Fsp3) is 0.471. The predicted octanol–water partition coefficient (Wildman–Crippen LogP) is 4.43. The Morgan fingerprint density at radius 3 is 2.65 bits per heavy atom. The summed E-state index contributed by atoms with van der Waals surface area (Å²) >= 11 is 1.75. The topological polar surface area (TPSA) is 24.9 Å². The summed E-state index contributed by atoms with van der Waals surface area (Å²) in [5.74, 6) is 1.51. The van der Waals surface area contributed by atoms with Crippen LogP contribution in [0.25, 0.3) is 11.3 Å². The summed E-state index contributed by atoms with van der Waals surface area (Å²) in [7, 11) is 0. The van der Waals surface area contributed by atoms with Crippen LogP contribution in [-0.4, -0.2) is 11.5 Å². The van der Waals surface area contributed by atoms with Gasteiger partial charge in [-0.3, -0.25) is 0 Å². The second kappa shape index (κ2) is 6.06. The van der Waals surface area contributed by atoms with E-state index in [1.165, 1.54) is 29.0 Å². The maximum atomic E-state index is 4.73. The Hall–Kier alpha value is -1.19. The Morgan fingerprint density at radius 2 is 2.00 bits per heavy atom. The molecular formula is C17H22N2S. The SMILES string of the molecule is CC(C)c1ccc(-c2csc(CNCC3CC3)n2)cc1. The maximum absolute atomic E-state index is 4.73. The summed E-state index contributed by atoms with van der Waals surface area (Å²) in [5, 5.41) is 6.85. The lowest BCUT2D eigenvalue weighted by molar-refractivity contribution is 0.637. The molecule has 0 unspecified atom stereocenters. The molecule has 1 aromatic heterocycles. The molecule has 0 saturated heterocycles. The summed E-state index contributed by atoms with van der Waals surface area (Å²) in [6.07, 6.45) is 2.80. The third-order valence-electron chi connectivity index (χ3n) is 3.83. The predicted molar refractivity (Wildman–Crippen MR) is 86.1 cm³/mol. The number of nitrogens with one attached hydrogen (secondary N) is 1. The molecule has 1 aliphatic rings. The molecule has 0 atom stereocenters. The highest BCUT2D eigenvalue weighted by Crippen LogP contribution is 2.28. The van der Waals surface area contributed by atoms with Crippen molar-refractivity contribution in [2.24, 2.45) is 5.92 Å². The monoisotopic (exact) mass is 286 g/mol. The van der Waals surface area contributed by atoms with E-state index in [0.29, 0.717) is 5.92 Å². The van der Waals surface area contributed by atoms with Gasteiger partial charge in [0.25, 0.3) is 0 Å². The van der Waals surface area contributed by atoms with Crippen molar-refractivity contribution >= 4 is 11.3 Å². The summed E-state index contributed by atoms with van der Waals surface area (Å²) in [5.41, 5.74) is 3.71. The molecule has 1 N–H and O–H groups in total. The number of hydrogen-bond donors (Lipinski definition) is 1. The zero-order chi connectivity index (χ0) is 13.9. The molecule has 3 rings (SSSR count). The molecule has 106 valence electrons. The van der Waals surface area contributed by atoms with Gasteiger partial charge in [-0.25, -0.2) is 4.98 Å². The molecular weight excluding hydrogens is 264 g/mol. The highest BCUT2D eigenvalue weighted by atomic mass is 32.1. The van der Waals surface area contributed by atoms with Crippen LogP contribution in [-0.2, 0) is 6.54 Å². The number of benzene rings is 1. The summed E-state index contributed by atoms with van der Waals surface area (Å²) in [6.45, 7) is 6.51. The zero-order valence-electron chi connectivity index (χ0n) is 12.2. The number of nitrogens with zero attached hydrogens (tertiary/aromatic N) is 1. The number of hydrogen-bond acceptors (Lipinski definition) is 3. The van der Waals surface area contributed by atoms with E-state index in [-0.39, 0.29) is 0 Å². The first-order valence-corrected chi connectivity index (χ1v) is 8.36. The fourth-order valence-corrected chi connectivity index (χ4v) is 3.04. The molecule has 3 heteroatoms. The largest absolute Gasteiger partial charge is 0.310 e. The normalized spacial score (nSPS) is 14.9. The van der Waals surface area contributed by atoms with Crippen molar-refractivity contribution in [1.29, 1.82) is 0 Å². The molecule has 1 saturated carbocycles. The number of rotatable bonds is 6. The van der Waals surface area contributed by atoms with Gasteiger partial charge in [-0.15, -0.1) is 11.3 Å². The maximum Gasteiger partial charge on any atom is 0.107 e. The smallest absolute Gasteiger partial charge is 0.107 e. The van der Waals surface area contributed by atoms with E-state index in [4.69, 9.17) is 4.98 Å². The minimum absolute atomic E-state index is 0.585. The van der Waals surface area contributed by atoms with Crippen LogP contribution in [0.1, 0.15) is 43.2 Å². The van der Waals surface area contributed by atoms with E-state index in [0.717, 1.165) is 24.7 Å². The second-order valence-corrected chi connectivity index (χ2v) is 6.92. The second-order valence-electron chi connectivity index (χ2n) is 5.98. The van der Waals surface area contributed by atoms with Gasteiger partial charge in [0.2, 0.25) is 0 Å². The third kappa shape index (κ3) is 3.47. The highest BCUT2D eigenvalue weighted by Gasteiger charge is 2.20. The van der Waals surface area contributed by atoms with E-state index in [1.54, 1.807) is 11.3 Å². The van der Waals surface area contributed by atoms with Crippen LogP contribution in [0.15, 0.2) is 29.6 Å². The summed E-state index contributed by atoms with van der Waals surface area (Å²) in [6, 6.07) is 8.80. The number of aromatic nitrogens is 1. The van der Waals surface area contributed by atoms with Crippen molar-refractivity contribution in [2.45, 2.75) is 39.2 Å². The minimum Gasteiger partial charge on any atom is -0.310 e. The van der Waals surface area contributed by atoms with Crippen molar-refractivity contribution in [2.75, 3.05) is 6.54 Å². The van der Waals surface area contributed by atoms with Gasteiger partial charge < -0.3 is 5.32 Å². The van der Waals surface area contributed by atoms with Crippen molar-refractivity contribution < 1.29 is 0 Å². The van der Waals surface area contributed by atoms with Gasteiger partial charge in [-0.2, -0.15) is 0 Å². The quantitative estimate of drug-likeness (QED) is 0.849. The molecule has 1 fully saturated rings. The summed E-state index contributed by atoms with van der Waals surface area (Å²) in [4.78, 5) is 4.73. The zero-order valence-corrected chi connectivity index (χ0v) is 13.0. The van der Waals surface area contributed by atoms with Crippen molar-refractivity contribution in [3.05, 3.63) is 40.2 Å². The average Bonchev–Trinajstić information content (AvgIpc) is 3.15. The van der Waals surface area contributed by atoms with Crippen molar-refractivity contribution in [1.82, 2.24) is 10.3 Å². The van der Waals surface area contributed by atoms with Gasteiger partial charge in [-0.1, -0.05) is 38.1 Å². The molecule has 0 aliphatic heterocycles. The van der Waals surface area contributed by atoms with Gasteiger partial charge in [0, 0.05) is 17.5 Å². The molecule has 0 amide bonds. The highest BCUT2D eigenvalue weighted by molar-refractivity contribution is 7.09.